The van der Waals surface area contributed by atoms with Crippen molar-refractivity contribution in [2.45, 2.75) is 33.6 Å². The quantitative estimate of drug-likeness (QED) is 0.695. The summed E-state index contributed by atoms with van der Waals surface area (Å²) in [5, 5.41) is 3.55. The van der Waals surface area contributed by atoms with Crippen LogP contribution in [0.1, 0.15) is 48.7 Å². The number of fused-ring (bicyclic) bond motifs is 3. The van der Waals surface area contributed by atoms with Gasteiger partial charge in [0.15, 0.2) is 0 Å². The van der Waals surface area contributed by atoms with Crippen molar-refractivity contribution in [1.82, 2.24) is 0 Å². The Hall–Kier alpha value is -2.14. The Kier molecular flexibility index (Phi) is 4.71. The van der Waals surface area contributed by atoms with Crippen LogP contribution in [0.2, 0.25) is 0 Å². The van der Waals surface area contributed by atoms with Crippen LogP contribution in [0.5, 0.6) is 0 Å². The van der Waals surface area contributed by atoms with E-state index in [2.05, 4.69) is 17.4 Å². The van der Waals surface area contributed by atoms with Crippen LogP contribution in [-0.4, -0.2) is 18.5 Å². The molecule has 4 nitrogen and oxygen atoms in total. The highest BCUT2D eigenvalue weighted by atomic mass is 32.1. The molecule has 0 spiro atoms. The van der Waals surface area contributed by atoms with Crippen molar-refractivity contribution >= 4 is 28.2 Å². The van der Waals surface area contributed by atoms with E-state index < -0.39 is 0 Å². The second kappa shape index (κ2) is 6.77. The van der Waals surface area contributed by atoms with Crippen molar-refractivity contribution in [2.24, 2.45) is 5.92 Å². The molecule has 1 amide bonds. The van der Waals surface area contributed by atoms with Gasteiger partial charge in [-0.05, 0) is 30.0 Å². The number of hydrogen-bond acceptors (Lipinski definition) is 4. The Labute approximate surface area is 145 Å². The normalized spacial score (nSPS) is 13.1. The summed E-state index contributed by atoms with van der Waals surface area (Å²) in [5.41, 5.74) is 3.85. The average Bonchev–Trinajstić information content (AvgIpc) is 3.09. The molecule has 126 valence electrons. The molecular weight excluding hydrogens is 322 g/mol. The number of rotatable bonds is 5. The predicted octanol–water partition coefficient (Wildman–Crippen LogP) is 4.48. The molecule has 1 aliphatic rings. The second-order valence-corrected chi connectivity index (χ2v) is 6.99. The fourth-order valence-corrected chi connectivity index (χ4v) is 4.14. The number of amides is 1. The molecule has 1 unspecified atom stereocenters. The number of esters is 1. The SMILES string of the molecule is CCOC(=O)c1c(NC(=O)C(C)CC)sc2c1Cc1ccccc1-2. The lowest BCUT2D eigenvalue weighted by Crippen LogP contribution is -2.21. The summed E-state index contributed by atoms with van der Waals surface area (Å²) in [6.45, 7) is 5.96. The Balaban J connectivity index is 2.04. The van der Waals surface area contributed by atoms with Crippen LogP contribution in [-0.2, 0) is 16.0 Å². The van der Waals surface area contributed by atoms with Crippen molar-refractivity contribution in [3.05, 3.63) is 41.0 Å². The van der Waals surface area contributed by atoms with E-state index in [1.54, 1.807) is 6.92 Å². The van der Waals surface area contributed by atoms with E-state index in [-0.39, 0.29) is 17.8 Å². The van der Waals surface area contributed by atoms with E-state index >= 15 is 0 Å². The van der Waals surface area contributed by atoms with Gasteiger partial charge < -0.3 is 10.1 Å². The Morgan fingerprint density at radius 1 is 1.29 bits per heavy atom. The highest BCUT2D eigenvalue weighted by molar-refractivity contribution is 7.20. The maximum absolute atomic E-state index is 12.5. The van der Waals surface area contributed by atoms with Gasteiger partial charge in [0, 0.05) is 17.2 Å². The summed E-state index contributed by atoms with van der Waals surface area (Å²) in [7, 11) is 0. The van der Waals surface area contributed by atoms with E-state index in [0.29, 0.717) is 23.6 Å². The highest BCUT2D eigenvalue weighted by Gasteiger charge is 2.31. The molecule has 0 bridgehead atoms. The third kappa shape index (κ3) is 2.84. The van der Waals surface area contributed by atoms with Gasteiger partial charge in [0.1, 0.15) is 5.00 Å². The molecule has 1 N–H and O–H groups in total. The van der Waals surface area contributed by atoms with E-state index in [0.717, 1.165) is 22.4 Å². The van der Waals surface area contributed by atoms with Gasteiger partial charge in [0.2, 0.25) is 5.91 Å². The van der Waals surface area contributed by atoms with Crippen LogP contribution in [0.25, 0.3) is 10.4 Å². The minimum Gasteiger partial charge on any atom is -0.462 e. The fourth-order valence-electron chi connectivity index (χ4n) is 2.87. The van der Waals surface area contributed by atoms with E-state index in [4.69, 9.17) is 4.74 Å². The van der Waals surface area contributed by atoms with Crippen molar-refractivity contribution in [1.29, 1.82) is 0 Å². The number of carbonyl (C=O) groups excluding carboxylic acids is 2. The highest BCUT2D eigenvalue weighted by Crippen LogP contribution is 2.47. The number of benzene rings is 1. The molecule has 1 aromatic carbocycles. The first-order valence-corrected chi connectivity index (χ1v) is 9.10. The zero-order valence-corrected chi connectivity index (χ0v) is 15.0. The van der Waals surface area contributed by atoms with E-state index in [9.17, 15) is 9.59 Å². The molecule has 1 atom stereocenters. The van der Waals surface area contributed by atoms with Gasteiger partial charge in [-0.25, -0.2) is 4.79 Å². The summed E-state index contributed by atoms with van der Waals surface area (Å²) in [5.74, 6) is -0.511. The van der Waals surface area contributed by atoms with Gasteiger partial charge in [0.05, 0.1) is 12.2 Å². The molecule has 3 rings (SSSR count). The zero-order chi connectivity index (χ0) is 17.3. The van der Waals surface area contributed by atoms with E-state index in [1.165, 1.54) is 16.9 Å². The third-order valence-corrected chi connectivity index (χ3v) is 5.59. The molecule has 0 radical (unpaired) electrons. The number of carbonyl (C=O) groups is 2. The van der Waals surface area contributed by atoms with Crippen LogP contribution in [0.15, 0.2) is 24.3 Å². The van der Waals surface area contributed by atoms with Crippen molar-refractivity contribution in [3.8, 4) is 10.4 Å². The number of ether oxygens (including phenoxy) is 1. The Morgan fingerprint density at radius 3 is 2.75 bits per heavy atom. The van der Waals surface area contributed by atoms with Crippen LogP contribution in [0.4, 0.5) is 5.00 Å². The lowest BCUT2D eigenvalue weighted by atomic mass is 10.1. The third-order valence-electron chi connectivity index (χ3n) is 4.41. The summed E-state index contributed by atoms with van der Waals surface area (Å²) < 4.78 is 5.24. The summed E-state index contributed by atoms with van der Waals surface area (Å²) >= 11 is 1.47. The van der Waals surface area contributed by atoms with Crippen molar-refractivity contribution in [2.75, 3.05) is 11.9 Å². The molecule has 0 fully saturated rings. The van der Waals surface area contributed by atoms with Crippen LogP contribution in [0.3, 0.4) is 0 Å². The van der Waals surface area contributed by atoms with Gasteiger partial charge in [-0.3, -0.25) is 4.79 Å². The molecule has 1 aliphatic carbocycles. The molecule has 0 saturated heterocycles. The summed E-state index contributed by atoms with van der Waals surface area (Å²) in [6, 6.07) is 8.14. The van der Waals surface area contributed by atoms with Crippen LogP contribution < -0.4 is 5.32 Å². The molecule has 1 heterocycles. The molecule has 24 heavy (non-hydrogen) atoms. The number of hydrogen-bond donors (Lipinski definition) is 1. The maximum atomic E-state index is 12.5. The topological polar surface area (TPSA) is 55.4 Å². The number of thiophene rings is 1. The summed E-state index contributed by atoms with van der Waals surface area (Å²) in [6.07, 6.45) is 1.46. The first-order chi connectivity index (χ1) is 11.6. The van der Waals surface area contributed by atoms with Gasteiger partial charge >= 0.3 is 5.97 Å². The van der Waals surface area contributed by atoms with E-state index in [1.807, 2.05) is 26.0 Å². The summed E-state index contributed by atoms with van der Waals surface area (Å²) in [4.78, 5) is 25.8. The van der Waals surface area contributed by atoms with Crippen molar-refractivity contribution < 1.29 is 14.3 Å². The fraction of sp³-hybridized carbons (Fsp3) is 0.368. The number of anilines is 1. The van der Waals surface area contributed by atoms with Gasteiger partial charge in [0.25, 0.3) is 0 Å². The smallest absolute Gasteiger partial charge is 0.341 e. The largest absolute Gasteiger partial charge is 0.462 e. The first-order valence-electron chi connectivity index (χ1n) is 8.28. The monoisotopic (exact) mass is 343 g/mol. The molecule has 0 aliphatic heterocycles. The van der Waals surface area contributed by atoms with Crippen LogP contribution in [0, 0.1) is 5.92 Å². The van der Waals surface area contributed by atoms with Gasteiger partial charge in [-0.1, -0.05) is 38.1 Å². The van der Waals surface area contributed by atoms with Crippen LogP contribution >= 0.6 is 11.3 Å². The van der Waals surface area contributed by atoms with Gasteiger partial charge in [-0.15, -0.1) is 11.3 Å². The maximum Gasteiger partial charge on any atom is 0.341 e. The van der Waals surface area contributed by atoms with Gasteiger partial charge in [-0.2, -0.15) is 0 Å². The minimum absolute atomic E-state index is 0.0590. The first kappa shape index (κ1) is 16.7. The molecule has 0 saturated carbocycles. The average molecular weight is 343 g/mol. The molecule has 1 aromatic heterocycles. The Morgan fingerprint density at radius 2 is 2.04 bits per heavy atom. The van der Waals surface area contributed by atoms with Crippen molar-refractivity contribution in [3.63, 3.8) is 0 Å². The zero-order valence-electron chi connectivity index (χ0n) is 14.1. The standard InChI is InChI=1S/C19H21NO3S/c1-4-11(3)17(21)20-18-15(19(22)23-5-2)14-10-12-8-6-7-9-13(12)16(14)24-18/h6-9,11H,4-5,10H2,1-3H3,(H,20,21). The predicted molar refractivity (Wildman–Crippen MR) is 96.6 cm³/mol. The Bertz CT molecular complexity index is 794. The number of nitrogens with one attached hydrogen (secondary N) is 1. The molecular formula is C19H21NO3S. The second-order valence-electron chi connectivity index (χ2n) is 5.97. The lowest BCUT2D eigenvalue weighted by Gasteiger charge is -2.11. The minimum atomic E-state index is -0.359. The molecule has 2 aromatic rings. The lowest BCUT2D eigenvalue weighted by molar-refractivity contribution is -0.119. The molecule has 5 heteroatoms.